The smallest absolute Gasteiger partial charge is 0.316 e. The number of ether oxygens (including phenoxy) is 2. The van der Waals surface area contributed by atoms with E-state index < -0.39 is 10.0 Å². The lowest BCUT2D eigenvalue weighted by atomic mass is 10.1. The van der Waals surface area contributed by atoms with Crippen LogP contribution in [0.25, 0.3) is 0 Å². The van der Waals surface area contributed by atoms with Gasteiger partial charge in [-0.3, -0.25) is 0 Å². The molecule has 0 radical (unpaired) electrons. The molecule has 1 fully saturated rings. The first-order valence-electron chi connectivity index (χ1n) is 7.78. The van der Waals surface area contributed by atoms with Gasteiger partial charge in [0, 0.05) is 25.5 Å². The van der Waals surface area contributed by atoms with Crippen LogP contribution in [0.4, 0.5) is 0 Å². The number of benzene rings is 1. The van der Waals surface area contributed by atoms with Crippen LogP contribution in [0.1, 0.15) is 12.8 Å². The lowest BCUT2D eigenvalue weighted by Crippen LogP contribution is -2.41. The number of hydrogen-bond donors (Lipinski definition) is 0. The van der Waals surface area contributed by atoms with Gasteiger partial charge in [-0.2, -0.15) is 4.31 Å². The second kappa shape index (κ2) is 7.55. The molecule has 1 aromatic carbocycles. The van der Waals surface area contributed by atoms with E-state index in [2.05, 4.69) is 9.97 Å². The molecule has 1 aliphatic heterocycles. The van der Waals surface area contributed by atoms with Crippen molar-refractivity contribution in [3.63, 3.8) is 0 Å². The first-order valence-corrected chi connectivity index (χ1v) is 9.60. The second-order valence-electron chi connectivity index (χ2n) is 5.55. The van der Waals surface area contributed by atoms with E-state index in [4.69, 9.17) is 21.1 Å². The Morgan fingerprint density at radius 2 is 1.88 bits per heavy atom. The average Bonchev–Trinajstić information content (AvgIpc) is 2.63. The van der Waals surface area contributed by atoms with E-state index in [0.717, 1.165) is 0 Å². The molecule has 3 rings (SSSR count). The summed E-state index contributed by atoms with van der Waals surface area (Å²) in [6.07, 6.45) is 4.25. The minimum Gasteiger partial charge on any atom is -0.495 e. The molecule has 0 spiro atoms. The van der Waals surface area contributed by atoms with Crippen molar-refractivity contribution in [2.75, 3.05) is 20.2 Å². The summed E-state index contributed by atoms with van der Waals surface area (Å²) in [4.78, 5) is 8.20. The van der Waals surface area contributed by atoms with Crippen LogP contribution in [0, 0.1) is 0 Å². The molecule has 134 valence electrons. The number of piperidine rings is 1. The highest BCUT2D eigenvalue weighted by Crippen LogP contribution is 2.29. The van der Waals surface area contributed by atoms with E-state index in [9.17, 15) is 8.42 Å². The van der Waals surface area contributed by atoms with E-state index in [0.29, 0.717) is 37.7 Å². The van der Waals surface area contributed by atoms with E-state index >= 15 is 0 Å². The Bertz CT molecular complexity index is 825. The van der Waals surface area contributed by atoms with Gasteiger partial charge < -0.3 is 9.47 Å². The molecule has 0 N–H and O–H groups in total. The van der Waals surface area contributed by atoms with Gasteiger partial charge >= 0.3 is 6.01 Å². The van der Waals surface area contributed by atoms with Crippen molar-refractivity contribution in [2.45, 2.75) is 23.8 Å². The molecular formula is C16H18ClN3O4S. The fraction of sp³-hybridized carbons (Fsp3) is 0.375. The van der Waals surface area contributed by atoms with Crippen LogP contribution in [0.2, 0.25) is 5.02 Å². The highest BCUT2D eigenvalue weighted by molar-refractivity contribution is 7.89. The summed E-state index contributed by atoms with van der Waals surface area (Å²) in [5.41, 5.74) is 0. The van der Waals surface area contributed by atoms with Gasteiger partial charge in [0.1, 0.15) is 11.9 Å². The monoisotopic (exact) mass is 383 g/mol. The first kappa shape index (κ1) is 17.9. The van der Waals surface area contributed by atoms with Crippen LogP contribution in [0.5, 0.6) is 11.8 Å². The molecule has 2 heterocycles. The molecule has 0 amide bonds. The number of aromatic nitrogens is 2. The maximum atomic E-state index is 12.8. The fourth-order valence-electron chi connectivity index (χ4n) is 2.64. The molecule has 1 saturated heterocycles. The summed E-state index contributed by atoms with van der Waals surface area (Å²) in [5, 5.41) is 0.267. The summed E-state index contributed by atoms with van der Waals surface area (Å²) in [6.45, 7) is 0.729. The normalized spacial score (nSPS) is 16.6. The topological polar surface area (TPSA) is 81.6 Å². The highest BCUT2D eigenvalue weighted by atomic mass is 35.5. The van der Waals surface area contributed by atoms with Gasteiger partial charge in [-0.05, 0) is 37.1 Å². The first-order chi connectivity index (χ1) is 12.0. The predicted octanol–water partition coefficient (Wildman–Crippen LogP) is 2.37. The molecule has 0 aliphatic carbocycles. The molecule has 1 aliphatic rings. The largest absolute Gasteiger partial charge is 0.495 e. The number of methoxy groups -OCH3 is 1. The highest BCUT2D eigenvalue weighted by Gasteiger charge is 2.30. The Hall–Kier alpha value is -1.90. The fourth-order valence-corrected chi connectivity index (χ4v) is 4.46. The Balaban J connectivity index is 1.66. The molecular weight excluding hydrogens is 366 g/mol. The summed E-state index contributed by atoms with van der Waals surface area (Å²) in [7, 11) is -2.12. The van der Waals surface area contributed by atoms with Gasteiger partial charge in [0.25, 0.3) is 0 Å². The predicted molar refractivity (Wildman–Crippen MR) is 92.4 cm³/mol. The average molecular weight is 384 g/mol. The van der Waals surface area contributed by atoms with Crippen LogP contribution in [0.15, 0.2) is 41.6 Å². The molecule has 1 aromatic heterocycles. The Kier molecular flexibility index (Phi) is 5.41. The molecule has 0 atom stereocenters. The number of sulfonamides is 1. The zero-order chi connectivity index (χ0) is 17.9. The number of halogens is 1. The van der Waals surface area contributed by atoms with E-state index in [-0.39, 0.29) is 16.0 Å². The van der Waals surface area contributed by atoms with Crippen LogP contribution >= 0.6 is 11.6 Å². The van der Waals surface area contributed by atoms with E-state index in [1.807, 2.05) is 0 Å². The third-order valence-electron chi connectivity index (χ3n) is 3.98. The maximum absolute atomic E-state index is 12.8. The third kappa shape index (κ3) is 4.02. The number of hydrogen-bond acceptors (Lipinski definition) is 6. The number of rotatable bonds is 5. The quantitative estimate of drug-likeness (QED) is 0.788. The molecule has 0 saturated carbocycles. The standard InChI is InChI=1S/C16H18ClN3O4S/c1-23-15-4-3-13(11-14(15)17)25(21,22)20-9-5-12(6-10-20)24-16-18-7-2-8-19-16/h2-4,7-8,11-12H,5-6,9-10H2,1H3. The maximum Gasteiger partial charge on any atom is 0.316 e. The van der Waals surface area contributed by atoms with E-state index in [1.54, 1.807) is 24.5 Å². The van der Waals surface area contributed by atoms with Crippen molar-refractivity contribution in [3.05, 3.63) is 41.7 Å². The molecule has 7 nitrogen and oxygen atoms in total. The SMILES string of the molecule is COc1ccc(S(=O)(=O)N2CCC(Oc3ncccn3)CC2)cc1Cl. The van der Waals surface area contributed by atoms with Crippen molar-refractivity contribution in [1.29, 1.82) is 0 Å². The van der Waals surface area contributed by atoms with Crippen LogP contribution in [0.3, 0.4) is 0 Å². The lowest BCUT2D eigenvalue weighted by Gasteiger charge is -2.30. The van der Waals surface area contributed by atoms with E-state index in [1.165, 1.54) is 23.5 Å². The molecule has 0 bridgehead atoms. The van der Waals surface area contributed by atoms with Gasteiger partial charge in [-0.25, -0.2) is 18.4 Å². The van der Waals surface area contributed by atoms with Crippen molar-refractivity contribution >= 4 is 21.6 Å². The lowest BCUT2D eigenvalue weighted by molar-refractivity contribution is 0.124. The second-order valence-corrected chi connectivity index (χ2v) is 7.89. The Labute approximate surface area is 151 Å². The van der Waals surface area contributed by atoms with Crippen molar-refractivity contribution < 1.29 is 17.9 Å². The van der Waals surface area contributed by atoms with Crippen LogP contribution in [-0.4, -0.2) is 49.0 Å². The summed E-state index contributed by atoms with van der Waals surface area (Å²) in [5.74, 6) is 0.440. The van der Waals surface area contributed by atoms with Gasteiger partial charge in [-0.1, -0.05) is 11.6 Å². The van der Waals surface area contributed by atoms with Crippen LogP contribution in [-0.2, 0) is 10.0 Å². The minimum atomic E-state index is -3.60. The number of nitrogens with zero attached hydrogens (tertiary/aromatic N) is 3. The zero-order valence-corrected chi connectivity index (χ0v) is 15.2. The third-order valence-corrected chi connectivity index (χ3v) is 6.17. The molecule has 2 aromatic rings. The zero-order valence-electron chi connectivity index (χ0n) is 13.6. The Morgan fingerprint density at radius 3 is 2.48 bits per heavy atom. The van der Waals surface area contributed by atoms with Gasteiger partial charge in [0.15, 0.2) is 0 Å². The van der Waals surface area contributed by atoms with Crippen molar-refractivity contribution in [3.8, 4) is 11.8 Å². The summed E-state index contributed by atoms with van der Waals surface area (Å²) in [6, 6.07) is 6.49. The van der Waals surface area contributed by atoms with Gasteiger partial charge in [-0.15, -0.1) is 0 Å². The van der Waals surface area contributed by atoms with Crippen molar-refractivity contribution in [1.82, 2.24) is 14.3 Å². The molecule has 9 heteroatoms. The molecule has 25 heavy (non-hydrogen) atoms. The summed E-state index contributed by atoms with van der Waals surface area (Å²) < 4.78 is 37.7. The van der Waals surface area contributed by atoms with Gasteiger partial charge in [0.2, 0.25) is 10.0 Å². The Morgan fingerprint density at radius 1 is 1.20 bits per heavy atom. The van der Waals surface area contributed by atoms with Crippen molar-refractivity contribution in [2.24, 2.45) is 0 Å². The van der Waals surface area contributed by atoms with Crippen LogP contribution < -0.4 is 9.47 Å². The minimum absolute atomic E-state index is 0.103. The van der Waals surface area contributed by atoms with Gasteiger partial charge in [0.05, 0.1) is 17.0 Å². The summed E-state index contributed by atoms with van der Waals surface area (Å²) >= 11 is 6.05. The molecule has 0 unspecified atom stereocenters.